The van der Waals surface area contributed by atoms with E-state index in [1.807, 2.05) is 72.8 Å². The second-order valence-electron chi connectivity index (χ2n) is 16.3. The SMILES string of the molecule is N#Cc1ccc(N2C3CCC2CC(c2ccc(OP(=O)(O)Oc4ccc(C5CC6CCC(C5)N6c5ccc(C#N)c6ccccc56)cc4)cc2)C3)c2ccccc12. The third kappa shape index (κ3) is 6.48. The number of benzene rings is 6. The molecule has 9 heteroatoms. The van der Waals surface area contributed by atoms with Crippen LogP contribution in [-0.4, -0.2) is 29.1 Å². The normalized spacial score (nSPS) is 24.8. The zero-order valence-corrected chi connectivity index (χ0v) is 32.5. The monoisotopic (exact) mass is 770 g/mol. The molecule has 0 amide bonds. The van der Waals surface area contributed by atoms with Crippen molar-refractivity contribution in [1.82, 2.24) is 0 Å². The number of hydrogen-bond acceptors (Lipinski definition) is 7. The quantitative estimate of drug-likeness (QED) is 0.152. The Morgan fingerprint density at radius 3 is 1.21 bits per heavy atom. The fourth-order valence-electron chi connectivity index (χ4n) is 10.8. The van der Waals surface area contributed by atoms with Crippen molar-refractivity contribution in [2.45, 2.75) is 87.4 Å². The molecule has 4 fully saturated rings. The van der Waals surface area contributed by atoms with Gasteiger partial charge in [-0.3, -0.25) is 4.89 Å². The number of rotatable bonds is 8. The van der Waals surface area contributed by atoms with Crippen LogP contribution < -0.4 is 18.8 Å². The number of phosphoric ester groups is 1. The standard InChI is InChI=1S/C48H43N4O4P/c49-29-33-13-23-47(45-7-3-1-5-43(33)45)51-37-15-16-38(51)26-35(25-37)31-9-19-41(20-10-31)55-57(53,54)56-42-21-11-32(12-22-42)36-27-39-17-18-40(28-36)52(39)48-24-14-34(30-50)44-6-2-4-8-46(44)48/h1-14,19-24,35-40H,15-18,25-28H2,(H,53,54). The number of nitrogens with zero attached hydrogens (tertiary/aromatic N) is 4. The average Bonchev–Trinajstić information content (AvgIpc) is 3.64. The van der Waals surface area contributed by atoms with Crippen LogP contribution in [0.5, 0.6) is 11.5 Å². The van der Waals surface area contributed by atoms with Gasteiger partial charge in [0.1, 0.15) is 11.5 Å². The van der Waals surface area contributed by atoms with Gasteiger partial charge in [0, 0.05) is 57.1 Å². The lowest BCUT2D eigenvalue weighted by atomic mass is 9.84. The first-order valence-electron chi connectivity index (χ1n) is 20.2. The van der Waals surface area contributed by atoms with Crippen LogP contribution >= 0.6 is 7.82 Å². The van der Waals surface area contributed by atoms with E-state index in [0.717, 1.165) is 72.9 Å². The molecular weight excluding hydrogens is 728 g/mol. The van der Waals surface area contributed by atoms with E-state index in [1.54, 1.807) is 24.3 Å². The molecule has 0 spiro atoms. The predicted molar refractivity (Wildman–Crippen MR) is 224 cm³/mol. The molecule has 57 heavy (non-hydrogen) atoms. The summed E-state index contributed by atoms with van der Waals surface area (Å²) >= 11 is 0. The Kier molecular flexibility index (Phi) is 8.93. The Morgan fingerprint density at radius 1 is 0.509 bits per heavy atom. The molecule has 1 N–H and O–H groups in total. The van der Waals surface area contributed by atoms with E-state index in [1.165, 1.54) is 22.5 Å². The van der Waals surface area contributed by atoms with Crippen molar-refractivity contribution in [3.63, 3.8) is 0 Å². The van der Waals surface area contributed by atoms with Crippen molar-refractivity contribution in [2.24, 2.45) is 0 Å². The number of fused-ring (bicyclic) bond motifs is 6. The zero-order chi connectivity index (χ0) is 38.7. The molecule has 4 saturated heterocycles. The van der Waals surface area contributed by atoms with Gasteiger partial charge in [0.25, 0.3) is 0 Å². The molecule has 6 aromatic rings. The molecule has 4 atom stereocenters. The van der Waals surface area contributed by atoms with Crippen molar-refractivity contribution in [3.05, 3.63) is 144 Å². The van der Waals surface area contributed by atoms with Crippen LogP contribution in [0.2, 0.25) is 0 Å². The smallest absolute Gasteiger partial charge is 0.395 e. The van der Waals surface area contributed by atoms with E-state index in [9.17, 15) is 20.0 Å². The molecule has 4 aliphatic rings. The number of anilines is 2. The second-order valence-corrected chi connectivity index (χ2v) is 17.6. The number of nitriles is 2. The maximum absolute atomic E-state index is 13.2. The molecule has 0 radical (unpaired) electrons. The summed E-state index contributed by atoms with van der Waals surface area (Å²) in [6.07, 6.45) is 8.66. The van der Waals surface area contributed by atoms with E-state index in [0.29, 0.717) is 58.6 Å². The Bertz CT molecular complexity index is 2430. The second kappa shape index (κ2) is 14.3. The lowest BCUT2D eigenvalue weighted by Crippen LogP contribution is -2.42. The molecular formula is C48H43N4O4P. The van der Waals surface area contributed by atoms with Gasteiger partial charge in [-0.05, 0) is 123 Å². The maximum atomic E-state index is 13.2. The van der Waals surface area contributed by atoms with E-state index >= 15 is 0 Å². The lowest BCUT2D eigenvalue weighted by Gasteiger charge is -2.41. The highest BCUT2D eigenvalue weighted by Gasteiger charge is 2.43. The number of hydrogen-bond donors (Lipinski definition) is 1. The molecule has 0 saturated carbocycles. The van der Waals surface area contributed by atoms with Crippen LogP contribution in [0.4, 0.5) is 11.4 Å². The Labute approximate surface area is 333 Å². The zero-order valence-electron chi connectivity index (χ0n) is 31.6. The van der Waals surface area contributed by atoms with Gasteiger partial charge in [0.2, 0.25) is 0 Å². The summed E-state index contributed by atoms with van der Waals surface area (Å²) in [6, 6.07) is 46.1. The van der Waals surface area contributed by atoms with Gasteiger partial charge < -0.3 is 18.8 Å². The van der Waals surface area contributed by atoms with Gasteiger partial charge in [-0.15, -0.1) is 0 Å². The van der Waals surface area contributed by atoms with Crippen LogP contribution in [-0.2, 0) is 4.57 Å². The predicted octanol–water partition coefficient (Wildman–Crippen LogP) is 11.1. The van der Waals surface area contributed by atoms with Crippen LogP contribution in [0.25, 0.3) is 21.5 Å². The lowest BCUT2D eigenvalue weighted by molar-refractivity contribution is 0.291. The minimum atomic E-state index is -4.44. The highest BCUT2D eigenvalue weighted by atomic mass is 31.2. The third-order valence-corrected chi connectivity index (χ3v) is 14.1. The van der Waals surface area contributed by atoms with E-state index in [2.05, 4.69) is 46.2 Å². The van der Waals surface area contributed by atoms with Gasteiger partial charge in [0.05, 0.1) is 23.3 Å². The first-order valence-corrected chi connectivity index (χ1v) is 21.7. The van der Waals surface area contributed by atoms with Crippen molar-refractivity contribution in [1.29, 1.82) is 10.5 Å². The molecule has 8 nitrogen and oxygen atoms in total. The molecule has 6 aromatic carbocycles. The highest BCUT2D eigenvalue weighted by molar-refractivity contribution is 7.48. The minimum Gasteiger partial charge on any atom is -0.395 e. The average molecular weight is 771 g/mol. The number of phosphoric acid groups is 1. The third-order valence-electron chi connectivity index (χ3n) is 13.2. The van der Waals surface area contributed by atoms with Crippen LogP contribution in [0.1, 0.15) is 85.5 Å². The summed E-state index contributed by atoms with van der Waals surface area (Å²) in [5.74, 6) is 1.35. The van der Waals surface area contributed by atoms with Gasteiger partial charge in [-0.25, -0.2) is 4.57 Å². The van der Waals surface area contributed by atoms with Crippen molar-refractivity contribution >= 4 is 40.7 Å². The molecule has 10 rings (SSSR count). The van der Waals surface area contributed by atoms with Crippen LogP contribution in [0, 0.1) is 22.7 Å². The summed E-state index contributed by atoms with van der Waals surface area (Å²) in [5, 5.41) is 23.6. The largest absolute Gasteiger partial charge is 0.584 e. The van der Waals surface area contributed by atoms with E-state index in [-0.39, 0.29) is 0 Å². The fourth-order valence-corrected chi connectivity index (χ4v) is 11.6. The van der Waals surface area contributed by atoms with E-state index < -0.39 is 7.82 Å². The number of piperidine rings is 2. The Balaban J connectivity index is 0.769. The summed E-state index contributed by atoms with van der Waals surface area (Å²) in [6.45, 7) is 0. The van der Waals surface area contributed by atoms with Gasteiger partial charge in [-0.1, -0.05) is 72.8 Å². The minimum absolute atomic E-state index is 0.294. The first kappa shape index (κ1) is 35.6. The molecule has 4 unspecified atom stereocenters. The summed E-state index contributed by atoms with van der Waals surface area (Å²) in [5.41, 5.74) is 6.26. The Hall–Kier alpha value is -5.79. The van der Waals surface area contributed by atoms with Crippen LogP contribution in [0.3, 0.4) is 0 Å². The van der Waals surface area contributed by atoms with E-state index in [4.69, 9.17) is 9.05 Å². The van der Waals surface area contributed by atoms with Gasteiger partial charge >= 0.3 is 7.82 Å². The molecule has 4 aliphatic heterocycles. The topological polar surface area (TPSA) is 110 Å². The van der Waals surface area contributed by atoms with Gasteiger partial charge in [0.15, 0.2) is 0 Å². The fraction of sp³-hybridized carbons (Fsp3) is 0.292. The maximum Gasteiger partial charge on any atom is 0.584 e. The molecule has 0 aliphatic carbocycles. The summed E-state index contributed by atoms with van der Waals surface area (Å²) in [4.78, 5) is 16.0. The summed E-state index contributed by atoms with van der Waals surface area (Å²) < 4.78 is 24.3. The van der Waals surface area contributed by atoms with Crippen LogP contribution in [0.15, 0.2) is 121 Å². The molecule has 0 aromatic heterocycles. The molecule has 4 heterocycles. The van der Waals surface area contributed by atoms with Crippen molar-refractivity contribution in [3.8, 4) is 23.6 Å². The molecule has 4 bridgehead atoms. The van der Waals surface area contributed by atoms with Gasteiger partial charge in [-0.2, -0.15) is 10.5 Å². The summed E-state index contributed by atoms with van der Waals surface area (Å²) in [7, 11) is -4.44. The molecule has 284 valence electrons. The van der Waals surface area contributed by atoms with Crippen molar-refractivity contribution < 1.29 is 18.5 Å². The van der Waals surface area contributed by atoms with Crippen molar-refractivity contribution in [2.75, 3.05) is 9.80 Å². The highest BCUT2D eigenvalue weighted by Crippen LogP contribution is 2.50. The Morgan fingerprint density at radius 2 is 0.860 bits per heavy atom. The first-order chi connectivity index (χ1) is 27.9.